The SMILES string of the molecule is C=C(C)C(=O)O.CCCNCC. The average molecular weight is 173 g/mol. The van der Waals surface area contributed by atoms with Gasteiger partial charge in [0.25, 0.3) is 0 Å². The van der Waals surface area contributed by atoms with Gasteiger partial charge in [0, 0.05) is 5.57 Å². The van der Waals surface area contributed by atoms with Crippen molar-refractivity contribution in [1.29, 1.82) is 0 Å². The highest BCUT2D eigenvalue weighted by molar-refractivity contribution is 5.84. The Bertz CT molecular complexity index is 116. The van der Waals surface area contributed by atoms with Crippen LogP contribution in [0.3, 0.4) is 0 Å². The Morgan fingerprint density at radius 1 is 1.50 bits per heavy atom. The van der Waals surface area contributed by atoms with E-state index in [1.165, 1.54) is 13.3 Å². The second-order valence-electron chi connectivity index (χ2n) is 2.44. The largest absolute Gasteiger partial charge is 0.478 e. The number of carboxylic acid groups (broad SMARTS) is 1. The lowest BCUT2D eigenvalue weighted by Gasteiger charge is -1.91. The Labute approximate surface area is 74.5 Å². The molecule has 0 aliphatic carbocycles. The van der Waals surface area contributed by atoms with E-state index in [0.717, 1.165) is 13.1 Å². The van der Waals surface area contributed by atoms with Gasteiger partial charge in [-0.15, -0.1) is 0 Å². The Hall–Kier alpha value is -0.830. The number of carboxylic acids is 1. The van der Waals surface area contributed by atoms with E-state index in [4.69, 9.17) is 5.11 Å². The van der Waals surface area contributed by atoms with E-state index >= 15 is 0 Å². The minimum atomic E-state index is -0.935. The molecule has 0 rings (SSSR count). The lowest BCUT2D eigenvalue weighted by molar-refractivity contribution is -0.132. The molecule has 3 heteroatoms. The molecule has 0 unspecified atom stereocenters. The number of aliphatic carboxylic acids is 1. The summed E-state index contributed by atoms with van der Waals surface area (Å²) in [6.07, 6.45) is 1.24. The summed E-state index contributed by atoms with van der Waals surface area (Å²) in [4.78, 5) is 9.60. The van der Waals surface area contributed by atoms with Crippen LogP contribution < -0.4 is 5.32 Å². The van der Waals surface area contributed by atoms with Gasteiger partial charge in [0.15, 0.2) is 0 Å². The molecule has 2 N–H and O–H groups in total. The third kappa shape index (κ3) is 16.1. The van der Waals surface area contributed by atoms with Gasteiger partial charge in [-0.05, 0) is 26.4 Å². The molecule has 0 aromatic heterocycles. The highest BCUT2D eigenvalue weighted by Crippen LogP contribution is 1.81. The first-order chi connectivity index (χ1) is 5.56. The summed E-state index contributed by atoms with van der Waals surface area (Å²) in [6, 6.07) is 0. The van der Waals surface area contributed by atoms with Crippen molar-refractivity contribution in [3.05, 3.63) is 12.2 Å². The van der Waals surface area contributed by atoms with E-state index in [0.29, 0.717) is 0 Å². The fourth-order valence-corrected chi connectivity index (χ4v) is 0.354. The molecule has 0 bridgehead atoms. The second-order valence-corrected chi connectivity index (χ2v) is 2.44. The summed E-state index contributed by atoms with van der Waals surface area (Å²) >= 11 is 0. The minimum Gasteiger partial charge on any atom is -0.478 e. The first-order valence-electron chi connectivity index (χ1n) is 4.15. The van der Waals surface area contributed by atoms with Crippen LogP contribution in [0.4, 0.5) is 0 Å². The molecule has 0 spiro atoms. The fraction of sp³-hybridized carbons (Fsp3) is 0.667. The van der Waals surface area contributed by atoms with Gasteiger partial charge >= 0.3 is 5.97 Å². The smallest absolute Gasteiger partial charge is 0.330 e. The molecule has 12 heavy (non-hydrogen) atoms. The van der Waals surface area contributed by atoms with Crippen molar-refractivity contribution in [1.82, 2.24) is 5.32 Å². The third-order valence-electron chi connectivity index (χ3n) is 1.04. The maximum atomic E-state index is 9.60. The molecular weight excluding hydrogens is 154 g/mol. The fourth-order valence-electron chi connectivity index (χ4n) is 0.354. The Morgan fingerprint density at radius 3 is 2.00 bits per heavy atom. The lowest BCUT2D eigenvalue weighted by atomic mass is 10.4. The zero-order valence-corrected chi connectivity index (χ0v) is 8.18. The highest BCUT2D eigenvalue weighted by Gasteiger charge is 1.90. The van der Waals surface area contributed by atoms with E-state index in [1.807, 2.05) is 0 Å². The number of carbonyl (C=O) groups is 1. The normalized spacial score (nSPS) is 8.25. The van der Waals surface area contributed by atoms with Crippen molar-refractivity contribution in [3.8, 4) is 0 Å². The van der Waals surface area contributed by atoms with Crippen molar-refractivity contribution in [2.75, 3.05) is 13.1 Å². The van der Waals surface area contributed by atoms with Gasteiger partial charge in [-0.2, -0.15) is 0 Å². The van der Waals surface area contributed by atoms with Gasteiger partial charge in [-0.25, -0.2) is 4.79 Å². The zero-order chi connectivity index (χ0) is 9.98. The average Bonchev–Trinajstić information content (AvgIpc) is 2.02. The van der Waals surface area contributed by atoms with Crippen LogP contribution in [0, 0.1) is 0 Å². The second kappa shape index (κ2) is 10.2. The maximum absolute atomic E-state index is 9.60. The molecule has 0 aromatic rings. The molecule has 0 aliphatic heterocycles. The van der Waals surface area contributed by atoms with Gasteiger partial charge in [-0.1, -0.05) is 20.4 Å². The van der Waals surface area contributed by atoms with Crippen LogP contribution in [-0.2, 0) is 4.79 Å². The van der Waals surface area contributed by atoms with Crippen LogP contribution in [0.1, 0.15) is 27.2 Å². The Morgan fingerprint density at radius 2 is 1.92 bits per heavy atom. The van der Waals surface area contributed by atoms with Gasteiger partial charge in [0.2, 0.25) is 0 Å². The minimum absolute atomic E-state index is 0.176. The van der Waals surface area contributed by atoms with E-state index in [-0.39, 0.29) is 5.57 Å². The van der Waals surface area contributed by atoms with Crippen LogP contribution >= 0.6 is 0 Å². The molecule has 0 saturated carbocycles. The zero-order valence-electron chi connectivity index (χ0n) is 8.18. The maximum Gasteiger partial charge on any atom is 0.330 e. The van der Waals surface area contributed by atoms with Gasteiger partial charge in [0.05, 0.1) is 0 Å². The van der Waals surface area contributed by atoms with E-state index in [9.17, 15) is 4.79 Å². The van der Waals surface area contributed by atoms with Crippen molar-refractivity contribution in [2.24, 2.45) is 0 Å². The third-order valence-corrected chi connectivity index (χ3v) is 1.04. The highest BCUT2D eigenvalue weighted by atomic mass is 16.4. The van der Waals surface area contributed by atoms with Gasteiger partial charge in [-0.3, -0.25) is 0 Å². The number of nitrogens with one attached hydrogen (secondary N) is 1. The standard InChI is InChI=1S/C5H13N.C4H6O2/c1-3-5-6-4-2;1-3(2)4(5)6/h6H,3-5H2,1-2H3;1H2,2H3,(H,5,6). The van der Waals surface area contributed by atoms with E-state index < -0.39 is 5.97 Å². The number of hydrogen-bond donors (Lipinski definition) is 2. The van der Waals surface area contributed by atoms with Crippen molar-refractivity contribution >= 4 is 5.97 Å². The summed E-state index contributed by atoms with van der Waals surface area (Å²) in [5.74, 6) is -0.935. The number of hydrogen-bond acceptors (Lipinski definition) is 2. The van der Waals surface area contributed by atoms with Crippen LogP contribution in [-0.4, -0.2) is 24.2 Å². The molecule has 0 aliphatic rings. The van der Waals surface area contributed by atoms with Crippen LogP contribution in [0.5, 0.6) is 0 Å². The Kier molecular flexibility index (Phi) is 11.6. The summed E-state index contributed by atoms with van der Waals surface area (Å²) in [5.41, 5.74) is 0.176. The summed E-state index contributed by atoms with van der Waals surface area (Å²) < 4.78 is 0. The molecule has 3 nitrogen and oxygen atoms in total. The predicted octanol–water partition coefficient (Wildman–Crippen LogP) is 1.65. The molecule has 0 fully saturated rings. The first-order valence-corrected chi connectivity index (χ1v) is 4.15. The van der Waals surface area contributed by atoms with Crippen LogP contribution in [0.2, 0.25) is 0 Å². The molecule has 0 aromatic carbocycles. The summed E-state index contributed by atoms with van der Waals surface area (Å²) in [7, 11) is 0. The molecule has 0 saturated heterocycles. The predicted molar refractivity (Wildman–Crippen MR) is 51.3 cm³/mol. The molecule has 0 radical (unpaired) electrons. The van der Waals surface area contributed by atoms with Gasteiger partial charge in [0.1, 0.15) is 0 Å². The molecule has 0 atom stereocenters. The topological polar surface area (TPSA) is 49.3 Å². The molecule has 0 amide bonds. The van der Waals surface area contributed by atoms with Crippen LogP contribution in [0.25, 0.3) is 0 Å². The lowest BCUT2D eigenvalue weighted by Crippen LogP contribution is -2.12. The van der Waals surface area contributed by atoms with Crippen molar-refractivity contribution in [2.45, 2.75) is 27.2 Å². The monoisotopic (exact) mass is 173 g/mol. The summed E-state index contributed by atoms with van der Waals surface area (Å²) in [5, 5.41) is 11.1. The van der Waals surface area contributed by atoms with E-state index in [2.05, 4.69) is 25.7 Å². The molecular formula is C9H19NO2. The molecule has 0 heterocycles. The first kappa shape index (κ1) is 13.7. The van der Waals surface area contributed by atoms with E-state index in [1.54, 1.807) is 0 Å². The quantitative estimate of drug-likeness (QED) is 0.502. The summed E-state index contributed by atoms with van der Waals surface area (Å²) in [6.45, 7) is 11.2. The molecule has 72 valence electrons. The Balaban J connectivity index is 0. The van der Waals surface area contributed by atoms with Crippen LogP contribution in [0.15, 0.2) is 12.2 Å². The van der Waals surface area contributed by atoms with Crippen molar-refractivity contribution < 1.29 is 9.90 Å². The van der Waals surface area contributed by atoms with Crippen molar-refractivity contribution in [3.63, 3.8) is 0 Å². The number of rotatable bonds is 4. The van der Waals surface area contributed by atoms with Gasteiger partial charge < -0.3 is 10.4 Å².